The van der Waals surface area contributed by atoms with Gasteiger partial charge in [-0.3, -0.25) is 4.79 Å². The first-order chi connectivity index (χ1) is 7.22. The van der Waals surface area contributed by atoms with E-state index in [2.05, 4.69) is 0 Å². The summed E-state index contributed by atoms with van der Waals surface area (Å²) in [6.45, 7) is 2.43. The molecule has 0 aromatic heterocycles. The maximum Gasteiger partial charge on any atom is 0.307 e. The summed E-state index contributed by atoms with van der Waals surface area (Å²) in [5, 5.41) is 8.62. The Morgan fingerprint density at radius 3 is 3.00 bits per heavy atom. The van der Waals surface area contributed by atoms with E-state index >= 15 is 0 Å². The maximum absolute atomic E-state index is 10.5. The van der Waals surface area contributed by atoms with Gasteiger partial charge in [0, 0.05) is 0 Å². The predicted octanol–water partition coefficient (Wildman–Crippen LogP) is 2.27. The lowest BCUT2D eigenvalue weighted by atomic mass is 10.1. The molecule has 0 amide bonds. The van der Waals surface area contributed by atoms with Crippen molar-refractivity contribution >= 4 is 5.97 Å². The molecule has 3 heteroatoms. The van der Waals surface area contributed by atoms with Crippen LogP contribution < -0.4 is 4.74 Å². The molecule has 1 rings (SSSR count). The third-order valence-electron chi connectivity index (χ3n) is 1.84. The van der Waals surface area contributed by atoms with Crippen LogP contribution in [0.3, 0.4) is 0 Å². The maximum atomic E-state index is 10.5. The van der Waals surface area contributed by atoms with Crippen LogP contribution in [0.2, 0.25) is 0 Å². The van der Waals surface area contributed by atoms with Crippen molar-refractivity contribution in [1.29, 1.82) is 0 Å². The van der Waals surface area contributed by atoms with Crippen LogP contribution in [-0.4, -0.2) is 17.7 Å². The van der Waals surface area contributed by atoms with Crippen LogP contribution >= 0.6 is 0 Å². The van der Waals surface area contributed by atoms with Crippen molar-refractivity contribution in [3.8, 4) is 5.75 Å². The fourth-order valence-corrected chi connectivity index (χ4v) is 1.16. The molecule has 0 radical (unpaired) electrons. The van der Waals surface area contributed by atoms with Gasteiger partial charge in [0.05, 0.1) is 6.42 Å². The lowest BCUT2D eigenvalue weighted by molar-refractivity contribution is -0.136. The summed E-state index contributed by atoms with van der Waals surface area (Å²) in [4.78, 5) is 10.5. The zero-order chi connectivity index (χ0) is 11.1. The smallest absolute Gasteiger partial charge is 0.307 e. The lowest BCUT2D eigenvalue weighted by Gasteiger charge is -2.04. The van der Waals surface area contributed by atoms with E-state index in [1.165, 1.54) is 0 Å². The molecule has 15 heavy (non-hydrogen) atoms. The molecule has 0 unspecified atom stereocenters. The van der Waals surface area contributed by atoms with E-state index in [1.807, 2.05) is 25.1 Å². The van der Waals surface area contributed by atoms with Crippen molar-refractivity contribution in [3.63, 3.8) is 0 Å². The summed E-state index contributed by atoms with van der Waals surface area (Å²) >= 11 is 0. The number of carbonyl (C=O) groups is 1. The fraction of sp³-hybridized carbons (Fsp3) is 0.250. The van der Waals surface area contributed by atoms with Crippen LogP contribution in [0, 0.1) is 0 Å². The van der Waals surface area contributed by atoms with Crippen LogP contribution in [0.1, 0.15) is 12.5 Å². The van der Waals surface area contributed by atoms with Gasteiger partial charge in [0.15, 0.2) is 0 Å². The number of benzene rings is 1. The van der Waals surface area contributed by atoms with Crippen molar-refractivity contribution < 1.29 is 14.6 Å². The molecule has 0 aliphatic rings. The normalized spacial score (nSPS) is 10.5. The topological polar surface area (TPSA) is 46.5 Å². The molecule has 0 spiro atoms. The number of rotatable bonds is 5. The van der Waals surface area contributed by atoms with E-state index in [9.17, 15) is 4.79 Å². The average molecular weight is 206 g/mol. The molecule has 0 heterocycles. The highest BCUT2D eigenvalue weighted by molar-refractivity contribution is 5.70. The number of hydrogen-bond donors (Lipinski definition) is 1. The van der Waals surface area contributed by atoms with Crippen LogP contribution in [0.25, 0.3) is 0 Å². The number of carboxylic acid groups (broad SMARTS) is 1. The molecule has 1 aromatic carbocycles. The van der Waals surface area contributed by atoms with E-state index < -0.39 is 5.97 Å². The highest BCUT2D eigenvalue weighted by Gasteiger charge is 2.01. The number of aliphatic carboxylic acids is 1. The van der Waals surface area contributed by atoms with Gasteiger partial charge in [0.1, 0.15) is 12.4 Å². The standard InChI is InChI=1S/C12H14O3/c1-2-3-7-15-11-6-4-5-10(8-11)9-12(13)14/h2-6,8H,7,9H2,1H3,(H,13,14)/b3-2-. The van der Waals surface area contributed by atoms with Crippen LogP contribution in [0.5, 0.6) is 5.75 Å². The minimum Gasteiger partial charge on any atom is -0.490 e. The average Bonchev–Trinajstić information content (AvgIpc) is 2.18. The fourth-order valence-electron chi connectivity index (χ4n) is 1.16. The molecular formula is C12H14O3. The van der Waals surface area contributed by atoms with Crippen LogP contribution in [0.4, 0.5) is 0 Å². The molecule has 0 saturated carbocycles. The van der Waals surface area contributed by atoms with Gasteiger partial charge in [-0.2, -0.15) is 0 Å². The first-order valence-electron chi connectivity index (χ1n) is 4.77. The zero-order valence-electron chi connectivity index (χ0n) is 8.64. The number of allylic oxidation sites excluding steroid dienone is 1. The summed E-state index contributed by atoms with van der Waals surface area (Å²) in [6.07, 6.45) is 3.83. The molecule has 0 bridgehead atoms. The Bertz CT molecular complexity index is 356. The third-order valence-corrected chi connectivity index (χ3v) is 1.84. The highest BCUT2D eigenvalue weighted by atomic mass is 16.5. The molecule has 1 aromatic rings. The third kappa shape index (κ3) is 4.31. The Morgan fingerprint density at radius 1 is 1.53 bits per heavy atom. The molecular weight excluding hydrogens is 192 g/mol. The zero-order valence-corrected chi connectivity index (χ0v) is 8.64. The molecule has 0 saturated heterocycles. The summed E-state index contributed by atoms with van der Waals surface area (Å²) < 4.78 is 5.39. The lowest BCUT2D eigenvalue weighted by Crippen LogP contribution is -2.00. The molecule has 0 atom stereocenters. The second kappa shape index (κ2) is 5.86. The SMILES string of the molecule is C/C=C\COc1cccc(CC(=O)O)c1. The summed E-state index contributed by atoms with van der Waals surface area (Å²) in [5.41, 5.74) is 0.750. The molecule has 3 nitrogen and oxygen atoms in total. The second-order valence-electron chi connectivity index (χ2n) is 3.10. The molecule has 0 aliphatic heterocycles. The minimum absolute atomic E-state index is 0.0286. The van der Waals surface area contributed by atoms with Crippen molar-refractivity contribution in [3.05, 3.63) is 42.0 Å². The number of ether oxygens (including phenoxy) is 1. The summed E-state index contributed by atoms with van der Waals surface area (Å²) in [5.74, 6) is -0.132. The number of carboxylic acids is 1. The molecule has 1 N–H and O–H groups in total. The largest absolute Gasteiger partial charge is 0.490 e. The van der Waals surface area contributed by atoms with Crippen molar-refractivity contribution in [1.82, 2.24) is 0 Å². The van der Waals surface area contributed by atoms with E-state index in [1.54, 1.807) is 18.2 Å². The molecule has 0 fully saturated rings. The molecule has 0 aliphatic carbocycles. The van der Waals surface area contributed by atoms with Crippen molar-refractivity contribution in [2.24, 2.45) is 0 Å². The first kappa shape index (κ1) is 11.3. The van der Waals surface area contributed by atoms with Gasteiger partial charge in [-0.05, 0) is 24.6 Å². The highest BCUT2D eigenvalue weighted by Crippen LogP contribution is 2.13. The summed E-state index contributed by atoms with van der Waals surface area (Å²) in [7, 11) is 0. The Hall–Kier alpha value is -1.77. The Balaban J connectivity index is 2.61. The van der Waals surface area contributed by atoms with Crippen molar-refractivity contribution in [2.45, 2.75) is 13.3 Å². The van der Waals surface area contributed by atoms with E-state index in [-0.39, 0.29) is 6.42 Å². The molecule has 80 valence electrons. The van der Waals surface area contributed by atoms with Gasteiger partial charge in [-0.25, -0.2) is 0 Å². The second-order valence-corrected chi connectivity index (χ2v) is 3.10. The Kier molecular flexibility index (Phi) is 4.41. The summed E-state index contributed by atoms with van der Waals surface area (Å²) in [6, 6.07) is 7.13. The van der Waals surface area contributed by atoms with E-state index in [4.69, 9.17) is 9.84 Å². The Labute approximate surface area is 89.0 Å². The van der Waals surface area contributed by atoms with Gasteiger partial charge < -0.3 is 9.84 Å². The quantitative estimate of drug-likeness (QED) is 0.752. The van der Waals surface area contributed by atoms with E-state index in [0.29, 0.717) is 12.4 Å². The van der Waals surface area contributed by atoms with Gasteiger partial charge in [-0.15, -0.1) is 0 Å². The van der Waals surface area contributed by atoms with Gasteiger partial charge in [0.25, 0.3) is 0 Å². The van der Waals surface area contributed by atoms with Gasteiger partial charge in [0.2, 0.25) is 0 Å². The number of hydrogen-bond acceptors (Lipinski definition) is 2. The van der Waals surface area contributed by atoms with Gasteiger partial charge >= 0.3 is 5.97 Å². The minimum atomic E-state index is -0.833. The predicted molar refractivity (Wildman–Crippen MR) is 58.1 cm³/mol. The monoisotopic (exact) mass is 206 g/mol. The van der Waals surface area contributed by atoms with Crippen molar-refractivity contribution in [2.75, 3.05) is 6.61 Å². The van der Waals surface area contributed by atoms with Crippen LogP contribution in [0.15, 0.2) is 36.4 Å². The van der Waals surface area contributed by atoms with Gasteiger partial charge in [-0.1, -0.05) is 24.3 Å². The Morgan fingerprint density at radius 2 is 2.33 bits per heavy atom. The first-order valence-corrected chi connectivity index (χ1v) is 4.77. The van der Waals surface area contributed by atoms with Crippen LogP contribution in [-0.2, 0) is 11.2 Å². The van der Waals surface area contributed by atoms with E-state index in [0.717, 1.165) is 5.56 Å².